The molecule has 6 aromatic carbocycles. The Labute approximate surface area is 276 Å². The Hall–Kier alpha value is -5.48. The minimum absolute atomic E-state index is 0.0527. The van der Waals surface area contributed by atoms with E-state index in [1.165, 1.54) is 0 Å². The van der Waals surface area contributed by atoms with Crippen molar-refractivity contribution in [1.29, 1.82) is 0 Å². The molecule has 7 rings (SSSR count). The first kappa shape index (κ1) is 30.2. The number of nitrogens with zero attached hydrogens (tertiary/aromatic N) is 1. The van der Waals surface area contributed by atoms with Gasteiger partial charge in [-0.2, -0.15) is 0 Å². The maximum atomic E-state index is 13.7. The monoisotopic (exact) mass is 614 g/mol. The highest BCUT2D eigenvalue weighted by molar-refractivity contribution is 6.07. The molecular formula is C43H38N2O2. The smallest absolute Gasteiger partial charge is 0.232 e. The number of para-hydroxylation sites is 1. The highest BCUT2D eigenvalue weighted by atomic mass is 16.2. The van der Waals surface area contributed by atoms with E-state index < -0.39 is 0 Å². The Kier molecular flexibility index (Phi) is 8.92. The molecule has 4 heteroatoms. The topological polar surface area (TPSA) is 49.4 Å². The van der Waals surface area contributed by atoms with E-state index in [9.17, 15) is 9.59 Å². The molecule has 6 aromatic rings. The standard InChI is InChI=1S/C43H38N2O2/c46-41(40-20-10-9-19-39(40)38-21-11-15-32-12-7-8-18-37(32)38)30-31-22-24-36(25-23-31)45-28-26-34(27-29-45)42(33-13-3-1-4-14-33)43(47)44-35-16-5-2-6-17-35/h1-25,34,42H,26-30H2,(H,44,47). The van der Waals surface area contributed by atoms with Crippen molar-refractivity contribution < 1.29 is 9.59 Å². The zero-order valence-corrected chi connectivity index (χ0v) is 26.4. The van der Waals surface area contributed by atoms with Gasteiger partial charge in [0, 0.05) is 36.4 Å². The molecule has 0 aromatic heterocycles. The number of amides is 1. The molecule has 4 nitrogen and oxygen atoms in total. The van der Waals surface area contributed by atoms with Gasteiger partial charge in [0.2, 0.25) is 5.91 Å². The molecule has 1 atom stereocenters. The lowest BCUT2D eigenvalue weighted by molar-refractivity contribution is -0.119. The molecule has 1 fully saturated rings. The van der Waals surface area contributed by atoms with Crippen molar-refractivity contribution in [1.82, 2.24) is 0 Å². The van der Waals surface area contributed by atoms with E-state index in [-0.39, 0.29) is 23.5 Å². The van der Waals surface area contributed by atoms with Gasteiger partial charge in [0.15, 0.2) is 5.78 Å². The maximum absolute atomic E-state index is 13.7. The number of carbonyl (C=O) groups is 2. The number of benzene rings is 6. The minimum atomic E-state index is -0.205. The van der Waals surface area contributed by atoms with Crippen LogP contribution in [-0.2, 0) is 11.2 Å². The molecule has 232 valence electrons. The summed E-state index contributed by atoms with van der Waals surface area (Å²) in [5, 5.41) is 5.47. The van der Waals surface area contributed by atoms with Crippen LogP contribution < -0.4 is 10.2 Å². The van der Waals surface area contributed by atoms with Gasteiger partial charge in [-0.15, -0.1) is 0 Å². The Balaban J connectivity index is 1.02. The van der Waals surface area contributed by atoms with Gasteiger partial charge >= 0.3 is 0 Å². The number of rotatable bonds is 9. The summed E-state index contributed by atoms with van der Waals surface area (Å²) in [5.74, 6) is 0.208. The van der Waals surface area contributed by atoms with Gasteiger partial charge in [-0.05, 0) is 76.1 Å². The number of anilines is 2. The lowest BCUT2D eigenvalue weighted by Gasteiger charge is -2.37. The molecule has 0 aliphatic carbocycles. The number of fused-ring (bicyclic) bond motifs is 1. The molecule has 0 radical (unpaired) electrons. The minimum Gasteiger partial charge on any atom is -0.372 e. The first-order chi connectivity index (χ1) is 23.1. The van der Waals surface area contributed by atoms with Crippen molar-refractivity contribution in [2.75, 3.05) is 23.3 Å². The fourth-order valence-corrected chi connectivity index (χ4v) is 7.06. The summed E-state index contributed by atoms with van der Waals surface area (Å²) < 4.78 is 0. The second kappa shape index (κ2) is 13.9. The van der Waals surface area contributed by atoms with Gasteiger partial charge in [0.25, 0.3) is 0 Å². The van der Waals surface area contributed by atoms with Crippen molar-refractivity contribution in [3.05, 3.63) is 168 Å². The van der Waals surface area contributed by atoms with Gasteiger partial charge in [0.1, 0.15) is 0 Å². The van der Waals surface area contributed by atoms with Crippen LogP contribution >= 0.6 is 0 Å². The SMILES string of the molecule is O=C(Cc1ccc(N2CCC(C(C(=O)Nc3ccccc3)c3ccccc3)CC2)cc1)c1ccccc1-c1cccc2ccccc12. The summed E-state index contributed by atoms with van der Waals surface area (Å²) in [6.45, 7) is 1.76. The number of nitrogens with one attached hydrogen (secondary N) is 1. The maximum Gasteiger partial charge on any atom is 0.232 e. The summed E-state index contributed by atoms with van der Waals surface area (Å²) >= 11 is 0. The molecule has 47 heavy (non-hydrogen) atoms. The van der Waals surface area contributed by atoms with Crippen molar-refractivity contribution in [3.8, 4) is 11.1 Å². The highest BCUT2D eigenvalue weighted by Gasteiger charge is 2.33. The lowest BCUT2D eigenvalue weighted by Crippen LogP contribution is -2.38. The van der Waals surface area contributed by atoms with E-state index in [0.717, 1.165) is 75.9 Å². The Morgan fingerprint density at radius 2 is 1.26 bits per heavy atom. The third-order valence-corrected chi connectivity index (χ3v) is 9.47. The average molecular weight is 615 g/mol. The molecule has 1 aliphatic rings. The van der Waals surface area contributed by atoms with Crippen LogP contribution in [0, 0.1) is 5.92 Å². The lowest BCUT2D eigenvalue weighted by atomic mass is 9.79. The first-order valence-electron chi connectivity index (χ1n) is 16.5. The molecule has 1 saturated heterocycles. The van der Waals surface area contributed by atoms with E-state index >= 15 is 0 Å². The summed E-state index contributed by atoms with van der Waals surface area (Å²) in [5.41, 5.74) is 6.85. The van der Waals surface area contributed by atoms with Crippen molar-refractivity contribution in [2.24, 2.45) is 5.92 Å². The van der Waals surface area contributed by atoms with Crippen LogP contribution in [0.4, 0.5) is 11.4 Å². The number of piperidine rings is 1. The average Bonchev–Trinajstić information content (AvgIpc) is 3.13. The summed E-state index contributed by atoms with van der Waals surface area (Å²) in [7, 11) is 0. The molecule has 1 amide bonds. The molecular weight excluding hydrogens is 576 g/mol. The summed E-state index contributed by atoms with van der Waals surface area (Å²) in [6.07, 6.45) is 2.19. The molecule has 1 unspecified atom stereocenters. The zero-order valence-electron chi connectivity index (χ0n) is 26.4. The predicted octanol–water partition coefficient (Wildman–Crippen LogP) is 9.57. The first-order valence-corrected chi connectivity index (χ1v) is 16.5. The Morgan fingerprint density at radius 1 is 0.638 bits per heavy atom. The second-order valence-corrected chi connectivity index (χ2v) is 12.4. The number of Topliss-reactive ketones (excluding diaryl/α,β-unsaturated/α-hetero) is 1. The van der Waals surface area contributed by atoms with Crippen molar-refractivity contribution in [2.45, 2.75) is 25.2 Å². The molecule has 1 aliphatic heterocycles. The molecule has 1 heterocycles. The zero-order chi connectivity index (χ0) is 32.0. The fraction of sp³-hybridized carbons (Fsp3) is 0.163. The van der Waals surface area contributed by atoms with Crippen LogP contribution in [-0.4, -0.2) is 24.8 Å². The molecule has 0 spiro atoms. The quantitative estimate of drug-likeness (QED) is 0.165. The number of ketones is 1. The van der Waals surface area contributed by atoms with Crippen LogP contribution in [0.15, 0.2) is 152 Å². The molecule has 0 bridgehead atoms. The van der Waals surface area contributed by atoms with E-state index in [1.54, 1.807) is 0 Å². The number of carbonyl (C=O) groups excluding carboxylic acids is 2. The number of hydrogen-bond acceptors (Lipinski definition) is 3. The van der Waals surface area contributed by atoms with Gasteiger partial charge < -0.3 is 10.2 Å². The van der Waals surface area contributed by atoms with E-state index in [0.29, 0.717) is 6.42 Å². The van der Waals surface area contributed by atoms with Gasteiger partial charge in [-0.25, -0.2) is 0 Å². The van der Waals surface area contributed by atoms with Gasteiger partial charge in [-0.1, -0.05) is 127 Å². The third kappa shape index (κ3) is 6.73. The van der Waals surface area contributed by atoms with Crippen molar-refractivity contribution >= 4 is 33.8 Å². The van der Waals surface area contributed by atoms with Crippen LogP contribution in [0.3, 0.4) is 0 Å². The largest absolute Gasteiger partial charge is 0.372 e. The van der Waals surface area contributed by atoms with E-state index in [1.807, 2.05) is 78.9 Å². The van der Waals surface area contributed by atoms with Crippen molar-refractivity contribution in [3.63, 3.8) is 0 Å². The normalized spacial score (nSPS) is 14.1. The van der Waals surface area contributed by atoms with Crippen LogP contribution in [0.2, 0.25) is 0 Å². The van der Waals surface area contributed by atoms with E-state index in [2.05, 4.69) is 83.0 Å². The van der Waals surface area contributed by atoms with Gasteiger partial charge in [-0.3, -0.25) is 9.59 Å². The van der Waals surface area contributed by atoms with E-state index in [4.69, 9.17) is 0 Å². The Bertz CT molecular complexity index is 1970. The van der Waals surface area contributed by atoms with Gasteiger partial charge in [0.05, 0.1) is 5.92 Å². The molecule has 0 saturated carbocycles. The van der Waals surface area contributed by atoms with Crippen LogP contribution in [0.5, 0.6) is 0 Å². The Morgan fingerprint density at radius 3 is 2.02 bits per heavy atom. The third-order valence-electron chi connectivity index (χ3n) is 9.47. The van der Waals surface area contributed by atoms with Crippen LogP contribution in [0.25, 0.3) is 21.9 Å². The predicted molar refractivity (Wildman–Crippen MR) is 193 cm³/mol. The summed E-state index contributed by atoms with van der Waals surface area (Å²) in [4.78, 5) is 29.7. The highest BCUT2D eigenvalue weighted by Crippen LogP contribution is 2.36. The summed E-state index contributed by atoms with van der Waals surface area (Å²) in [6, 6.07) is 50.9. The van der Waals surface area contributed by atoms with Crippen LogP contribution in [0.1, 0.15) is 40.2 Å². The fourth-order valence-electron chi connectivity index (χ4n) is 7.06. The molecule has 1 N–H and O–H groups in total. The number of hydrogen-bond donors (Lipinski definition) is 1. The second-order valence-electron chi connectivity index (χ2n) is 12.4.